The summed E-state index contributed by atoms with van der Waals surface area (Å²) in [5, 5.41) is 0. The molecule has 0 saturated carbocycles. The molecule has 0 aliphatic carbocycles. The Labute approximate surface area is 84.8 Å². The molecule has 0 saturated heterocycles. The third kappa shape index (κ3) is 3.32. The average molecular weight is 224 g/mol. The van der Waals surface area contributed by atoms with E-state index >= 15 is 0 Å². The molecule has 0 N–H and O–H groups in total. The van der Waals surface area contributed by atoms with Gasteiger partial charge in [-0.05, 0) is 13.3 Å². The van der Waals surface area contributed by atoms with Crippen LogP contribution in [-0.4, -0.2) is 31.5 Å². The molecule has 1 unspecified atom stereocenters. The molecule has 0 amide bonds. The van der Waals surface area contributed by atoms with Crippen LogP contribution in [0.1, 0.15) is 13.3 Å². The Morgan fingerprint density at radius 1 is 1.47 bits per heavy atom. The lowest BCUT2D eigenvalue weighted by Crippen LogP contribution is -2.29. The first-order valence-corrected chi connectivity index (χ1v) is 4.41. The standard InChI is InChI=1S/C9H11F3O3/c1-6-8(9(10,11)12)3-2-7(4-13)15-5-14-6/h3-4,6-7H,2,5H2,1H3/t6?,7-/m1/s1. The zero-order valence-electron chi connectivity index (χ0n) is 8.08. The summed E-state index contributed by atoms with van der Waals surface area (Å²) in [5.41, 5.74) is -0.766. The minimum Gasteiger partial charge on any atom is -0.348 e. The Balaban J connectivity index is 2.84. The van der Waals surface area contributed by atoms with Gasteiger partial charge in [-0.1, -0.05) is 6.08 Å². The molecule has 1 aliphatic heterocycles. The van der Waals surface area contributed by atoms with Crippen LogP contribution in [0, 0.1) is 0 Å². The van der Waals surface area contributed by atoms with Gasteiger partial charge >= 0.3 is 6.18 Å². The van der Waals surface area contributed by atoms with E-state index in [4.69, 9.17) is 9.47 Å². The SMILES string of the molecule is CC1OCO[C@@H](C=O)CC=C1C(F)(F)F. The third-order valence-electron chi connectivity index (χ3n) is 2.09. The van der Waals surface area contributed by atoms with Crippen LogP contribution in [0.5, 0.6) is 0 Å². The van der Waals surface area contributed by atoms with E-state index in [1.165, 1.54) is 6.92 Å². The molecule has 0 radical (unpaired) electrons. The van der Waals surface area contributed by atoms with Crippen LogP contribution in [0.15, 0.2) is 11.6 Å². The van der Waals surface area contributed by atoms with Crippen molar-refractivity contribution < 1.29 is 27.4 Å². The molecular weight excluding hydrogens is 213 g/mol. The van der Waals surface area contributed by atoms with Crippen LogP contribution in [0.4, 0.5) is 13.2 Å². The number of rotatable bonds is 1. The molecular formula is C9H11F3O3. The Morgan fingerprint density at radius 3 is 2.67 bits per heavy atom. The molecule has 1 rings (SSSR count). The number of halogens is 3. The number of aldehydes is 1. The van der Waals surface area contributed by atoms with Crippen LogP contribution >= 0.6 is 0 Å². The van der Waals surface area contributed by atoms with Crippen molar-refractivity contribution in [2.24, 2.45) is 0 Å². The quantitative estimate of drug-likeness (QED) is 0.503. The van der Waals surface area contributed by atoms with Gasteiger partial charge in [-0.2, -0.15) is 13.2 Å². The highest BCUT2D eigenvalue weighted by atomic mass is 19.4. The van der Waals surface area contributed by atoms with Gasteiger partial charge in [-0.15, -0.1) is 0 Å². The first kappa shape index (κ1) is 12.2. The van der Waals surface area contributed by atoms with Crippen molar-refractivity contribution in [2.45, 2.75) is 31.7 Å². The summed E-state index contributed by atoms with van der Waals surface area (Å²) < 4.78 is 47.0. The van der Waals surface area contributed by atoms with Crippen LogP contribution in [-0.2, 0) is 14.3 Å². The molecule has 1 aliphatic rings. The Morgan fingerprint density at radius 2 is 2.13 bits per heavy atom. The molecule has 0 aromatic carbocycles. The van der Waals surface area contributed by atoms with Gasteiger partial charge in [0.25, 0.3) is 0 Å². The zero-order valence-corrected chi connectivity index (χ0v) is 8.08. The zero-order chi connectivity index (χ0) is 11.5. The largest absolute Gasteiger partial charge is 0.414 e. The molecule has 0 spiro atoms. The Kier molecular flexibility index (Phi) is 3.87. The highest BCUT2D eigenvalue weighted by Gasteiger charge is 2.38. The van der Waals surface area contributed by atoms with E-state index in [1.807, 2.05) is 0 Å². The van der Waals surface area contributed by atoms with Crippen molar-refractivity contribution in [1.82, 2.24) is 0 Å². The van der Waals surface area contributed by atoms with E-state index in [0.29, 0.717) is 6.29 Å². The predicted octanol–water partition coefficient (Wildman–Crippen LogP) is 1.83. The highest BCUT2D eigenvalue weighted by Crippen LogP contribution is 2.30. The van der Waals surface area contributed by atoms with Gasteiger partial charge in [0.1, 0.15) is 19.2 Å². The van der Waals surface area contributed by atoms with E-state index in [2.05, 4.69) is 0 Å². The molecule has 1 heterocycles. The fourth-order valence-electron chi connectivity index (χ4n) is 1.24. The molecule has 3 nitrogen and oxygen atoms in total. The number of ether oxygens (including phenoxy) is 2. The van der Waals surface area contributed by atoms with Crippen molar-refractivity contribution in [2.75, 3.05) is 6.79 Å². The molecule has 0 bridgehead atoms. The fourth-order valence-corrected chi connectivity index (χ4v) is 1.24. The second kappa shape index (κ2) is 4.76. The van der Waals surface area contributed by atoms with Crippen molar-refractivity contribution in [3.05, 3.63) is 11.6 Å². The van der Waals surface area contributed by atoms with Gasteiger partial charge in [0.2, 0.25) is 0 Å². The van der Waals surface area contributed by atoms with E-state index in [-0.39, 0.29) is 13.2 Å². The Bertz CT molecular complexity index is 260. The summed E-state index contributed by atoms with van der Waals surface area (Å²) in [5.74, 6) is 0. The van der Waals surface area contributed by atoms with Crippen molar-refractivity contribution in [3.8, 4) is 0 Å². The summed E-state index contributed by atoms with van der Waals surface area (Å²) in [6, 6.07) is 0. The minimum atomic E-state index is -4.43. The lowest BCUT2D eigenvalue weighted by atomic mass is 10.1. The number of hydrogen-bond acceptors (Lipinski definition) is 3. The van der Waals surface area contributed by atoms with Crippen molar-refractivity contribution in [1.29, 1.82) is 0 Å². The van der Waals surface area contributed by atoms with Crippen molar-refractivity contribution in [3.63, 3.8) is 0 Å². The van der Waals surface area contributed by atoms with Crippen molar-refractivity contribution >= 4 is 6.29 Å². The maximum Gasteiger partial charge on any atom is 0.414 e. The van der Waals surface area contributed by atoms with Gasteiger partial charge in [-0.3, -0.25) is 0 Å². The molecule has 2 atom stereocenters. The smallest absolute Gasteiger partial charge is 0.348 e. The molecule has 0 fully saturated rings. The number of carbonyl (C=O) groups is 1. The molecule has 6 heteroatoms. The van der Waals surface area contributed by atoms with E-state index in [1.54, 1.807) is 0 Å². The first-order chi connectivity index (χ1) is 6.95. The summed E-state index contributed by atoms with van der Waals surface area (Å²) in [7, 11) is 0. The summed E-state index contributed by atoms with van der Waals surface area (Å²) in [6.45, 7) is 0.988. The van der Waals surface area contributed by atoms with Gasteiger partial charge in [0.15, 0.2) is 0 Å². The number of alkyl halides is 3. The molecule has 15 heavy (non-hydrogen) atoms. The maximum atomic E-state index is 12.5. The van der Waals surface area contributed by atoms with Crippen LogP contribution in [0.25, 0.3) is 0 Å². The second-order valence-electron chi connectivity index (χ2n) is 3.16. The summed E-state index contributed by atoms with van der Waals surface area (Å²) in [4.78, 5) is 10.4. The summed E-state index contributed by atoms with van der Waals surface area (Å²) in [6.07, 6.45) is -5.03. The predicted molar refractivity (Wildman–Crippen MR) is 45.1 cm³/mol. The monoisotopic (exact) mass is 224 g/mol. The van der Waals surface area contributed by atoms with Gasteiger partial charge in [0, 0.05) is 0 Å². The fraction of sp³-hybridized carbons (Fsp3) is 0.667. The molecule has 0 aromatic heterocycles. The van der Waals surface area contributed by atoms with Gasteiger partial charge in [0.05, 0.1) is 11.7 Å². The molecule has 86 valence electrons. The van der Waals surface area contributed by atoms with Crippen LogP contribution in [0.3, 0.4) is 0 Å². The van der Waals surface area contributed by atoms with E-state index < -0.39 is 24.0 Å². The average Bonchev–Trinajstić information content (AvgIpc) is 2.09. The number of hydrogen-bond donors (Lipinski definition) is 0. The topological polar surface area (TPSA) is 35.5 Å². The van der Waals surface area contributed by atoms with E-state index in [9.17, 15) is 18.0 Å². The second-order valence-corrected chi connectivity index (χ2v) is 3.16. The van der Waals surface area contributed by atoms with Gasteiger partial charge in [-0.25, -0.2) is 0 Å². The lowest BCUT2D eigenvalue weighted by molar-refractivity contribution is -0.151. The summed E-state index contributed by atoms with van der Waals surface area (Å²) >= 11 is 0. The van der Waals surface area contributed by atoms with Gasteiger partial charge < -0.3 is 14.3 Å². The number of carbonyl (C=O) groups excluding carboxylic acids is 1. The maximum absolute atomic E-state index is 12.5. The van der Waals surface area contributed by atoms with E-state index in [0.717, 1.165) is 6.08 Å². The minimum absolute atomic E-state index is 0.0773. The van der Waals surface area contributed by atoms with Crippen LogP contribution < -0.4 is 0 Å². The Hall–Kier alpha value is -0.880. The first-order valence-electron chi connectivity index (χ1n) is 4.41. The normalized spacial score (nSPS) is 28.9. The molecule has 0 aromatic rings. The highest BCUT2D eigenvalue weighted by molar-refractivity contribution is 5.56. The van der Waals surface area contributed by atoms with Crippen LogP contribution in [0.2, 0.25) is 0 Å². The third-order valence-corrected chi connectivity index (χ3v) is 2.09. The lowest BCUT2D eigenvalue weighted by Gasteiger charge is -2.23.